The van der Waals surface area contributed by atoms with Crippen LogP contribution in [-0.2, 0) is 17.6 Å². The number of carboxylic acids is 1. The smallest absolute Gasteiger partial charge is 0.326 e. The van der Waals surface area contributed by atoms with Crippen molar-refractivity contribution >= 4 is 17.6 Å². The molecule has 0 spiro atoms. The van der Waals surface area contributed by atoms with Gasteiger partial charge in [-0.05, 0) is 76.4 Å². The van der Waals surface area contributed by atoms with Gasteiger partial charge in [-0.3, -0.25) is 9.80 Å². The molecule has 0 saturated heterocycles. The van der Waals surface area contributed by atoms with Crippen molar-refractivity contribution in [3.05, 3.63) is 66.2 Å². The third kappa shape index (κ3) is 8.45. The molecule has 0 fully saturated rings. The van der Waals surface area contributed by atoms with Gasteiger partial charge in [0.15, 0.2) is 0 Å². The topological polar surface area (TPSA) is 127 Å². The second kappa shape index (κ2) is 14.7. The number of benzene rings is 1. The molecule has 2 atom stereocenters. The summed E-state index contributed by atoms with van der Waals surface area (Å²) in [6, 6.07) is 13.1. The Balaban J connectivity index is 1.35. The molecule has 0 aliphatic carbocycles. The maximum Gasteiger partial charge on any atom is 0.326 e. The zero-order chi connectivity index (χ0) is 28.3. The first-order valence-corrected chi connectivity index (χ1v) is 14.0. The highest BCUT2D eigenvalue weighted by atomic mass is 16.4. The number of nitrogens with zero attached hydrogens (tertiary/aromatic N) is 5. The average Bonchev–Trinajstić information content (AvgIpc) is 2.97. The van der Waals surface area contributed by atoms with Crippen LogP contribution in [0.5, 0.6) is 0 Å². The summed E-state index contributed by atoms with van der Waals surface area (Å²) in [6.07, 6.45) is 7.81. The van der Waals surface area contributed by atoms with Crippen molar-refractivity contribution in [3.8, 4) is 11.1 Å². The number of aromatic nitrogens is 3. The molecule has 10 nitrogen and oxygen atoms in total. The van der Waals surface area contributed by atoms with Gasteiger partial charge in [-0.2, -0.15) is 0 Å². The molecule has 3 heterocycles. The van der Waals surface area contributed by atoms with Crippen molar-refractivity contribution in [1.82, 2.24) is 24.8 Å². The summed E-state index contributed by atoms with van der Waals surface area (Å²) >= 11 is 0. The number of anilines is 2. The highest BCUT2D eigenvalue weighted by molar-refractivity contribution is 5.81. The average molecular weight is 548 g/mol. The van der Waals surface area contributed by atoms with Gasteiger partial charge in [0.2, 0.25) is 0 Å². The number of aryl methyl sites for hydroxylation is 2. The van der Waals surface area contributed by atoms with E-state index in [1.165, 1.54) is 11.9 Å². The maximum absolute atomic E-state index is 12.2. The molecule has 4 rings (SSSR count). The minimum absolute atomic E-state index is 0.353. The fraction of sp³-hybridized carbons (Fsp3) is 0.467. The van der Waals surface area contributed by atoms with Gasteiger partial charge in [0.25, 0.3) is 0 Å². The Bertz CT molecular complexity index is 1220. The Morgan fingerprint density at radius 3 is 2.73 bits per heavy atom. The van der Waals surface area contributed by atoms with Crippen molar-refractivity contribution < 1.29 is 15.0 Å². The highest BCUT2D eigenvalue weighted by Crippen LogP contribution is 2.26. The van der Waals surface area contributed by atoms with Crippen LogP contribution in [0.15, 0.2) is 55.0 Å². The molecule has 4 N–H and O–H groups in total. The van der Waals surface area contributed by atoms with Crippen LogP contribution in [0.25, 0.3) is 11.1 Å². The highest BCUT2D eigenvalue weighted by Gasteiger charge is 2.22. The molecule has 0 saturated carbocycles. The minimum atomic E-state index is -0.946. The van der Waals surface area contributed by atoms with E-state index in [1.807, 2.05) is 44.4 Å². The Kier molecular flexibility index (Phi) is 10.8. The van der Waals surface area contributed by atoms with E-state index < -0.39 is 18.2 Å². The van der Waals surface area contributed by atoms with Crippen LogP contribution < -0.4 is 10.6 Å². The zero-order valence-corrected chi connectivity index (χ0v) is 23.5. The van der Waals surface area contributed by atoms with Gasteiger partial charge in [-0.15, -0.1) is 0 Å². The van der Waals surface area contributed by atoms with E-state index in [-0.39, 0.29) is 0 Å². The largest absolute Gasteiger partial charge is 0.480 e. The van der Waals surface area contributed by atoms with Gasteiger partial charge in [0.05, 0.1) is 0 Å². The third-order valence-electron chi connectivity index (χ3n) is 7.27. The van der Waals surface area contributed by atoms with Crippen LogP contribution in [0.1, 0.15) is 36.9 Å². The van der Waals surface area contributed by atoms with Crippen molar-refractivity contribution in [1.29, 1.82) is 0 Å². The molecule has 10 heteroatoms. The van der Waals surface area contributed by atoms with E-state index in [0.717, 1.165) is 67.8 Å². The molecule has 2 aromatic heterocycles. The van der Waals surface area contributed by atoms with E-state index in [4.69, 9.17) is 4.98 Å². The normalized spacial score (nSPS) is 14.4. The van der Waals surface area contributed by atoms with Crippen molar-refractivity contribution in [2.24, 2.45) is 0 Å². The molecule has 1 aromatic carbocycles. The van der Waals surface area contributed by atoms with Crippen LogP contribution in [0.4, 0.5) is 11.6 Å². The molecule has 40 heavy (non-hydrogen) atoms. The second-order valence-corrected chi connectivity index (χ2v) is 10.5. The molecular formula is C30H41N7O3. The van der Waals surface area contributed by atoms with Crippen LogP contribution in [0.3, 0.4) is 0 Å². The molecule has 1 aliphatic rings. The Morgan fingerprint density at radius 2 is 1.95 bits per heavy atom. The van der Waals surface area contributed by atoms with Crippen molar-refractivity contribution in [2.75, 3.05) is 50.9 Å². The number of aliphatic carboxylic acids is 1. The number of aliphatic hydroxyl groups is 1. The first-order valence-electron chi connectivity index (χ1n) is 14.0. The van der Waals surface area contributed by atoms with E-state index >= 15 is 0 Å². The molecular weight excluding hydrogens is 506 g/mol. The number of carbonyl (C=O) groups is 1. The van der Waals surface area contributed by atoms with Gasteiger partial charge in [0, 0.05) is 37.1 Å². The summed E-state index contributed by atoms with van der Waals surface area (Å²) in [6.45, 7) is 2.68. The molecule has 3 aromatic rings. The van der Waals surface area contributed by atoms with Gasteiger partial charge in [-0.25, -0.2) is 19.7 Å². The van der Waals surface area contributed by atoms with Gasteiger partial charge in [-0.1, -0.05) is 36.4 Å². The minimum Gasteiger partial charge on any atom is -0.480 e. The number of hydrogen-bond acceptors (Lipinski definition) is 9. The molecule has 0 amide bonds. The summed E-state index contributed by atoms with van der Waals surface area (Å²) in [5.74, 6) is 0.559. The van der Waals surface area contributed by atoms with Crippen LogP contribution in [0, 0.1) is 0 Å². The first-order chi connectivity index (χ1) is 19.4. The molecule has 1 aliphatic heterocycles. The zero-order valence-electron chi connectivity index (χ0n) is 23.5. The van der Waals surface area contributed by atoms with Crippen LogP contribution in [0.2, 0.25) is 0 Å². The number of pyridine rings is 1. The van der Waals surface area contributed by atoms with E-state index in [9.17, 15) is 15.0 Å². The number of unbranched alkanes of at least 4 members (excludes halogenated alkanes) is 1. The summed E-state index contributed by atoms with van der Waals surface area (Å²) in [5.41, 5.74) is 4.04. The number of hydrogen-bond donors (Lipinski definition) is 4. The van der Waals surface area contributed by atoms with E-state index in [1.54, 1.807) is 11.1 Å². The number of rotatable bonds is 15. The van der Waals surface area contributed by atoms with Gasteiger partial charge < -0.3 is 20.8 Å². The predicted octanol–water partition coefficient (Wildman–Crippen LogP) is 3.36. The standard InChI is InChI=1S/C30H41N7O3/c1-36(2)27(38)20-37(17-7-6-12-24-14-13-23-11-8-16-32-28(23)34-24)18-15-26(30(39)40)35-29-25(19-31-21-33-29)22-9-4-3-5-10-22/h3-5,9-10,13-14,19,21,26-27,38H,6-8,11-12,15-18,20H2,1-2H3,(H,32,34)(H,39,40)(H,31,33,35)/t26-,27-/m0/s1. The number of likely N-dealkylation sites (N-methyl/N-ethyl adjacent to an activating group) is 1. The summed E-state index contributed by atoms with van der Waals surface area (Å²) in [4.78, 5) is 29.4. The second-order valence-electron chi connectivity index (χ2n) is 10.5. The lowest BCUT2D eigenvalue weighted by molar-refractivity contribution is -0.138. The van der Waals surface area contributed by atoms with Gasteiger partial charge >= 0.3 is 5.97 Å². The number of fused-ring (bicyclic) bond motifs is 1. The summed E-state index contributed by atoms with van der Waals surface area (Å²) in [5, 5.41) is 27.1. The summed E-state index contributed by atoms with van der Waals surface area (Å²) < 4.78 is 0. The van der Waals surface area contributed by atoms with Crippen LogP contribution >= 0.6 is 0 Å². The van der Waals surface area contributed by atoms with E-state index in [0.29, 0.717) is 25.3 Å². The molecule has 0 bridgehead atoms. The first kappa shape index (κ1) is 29.4. The molecule has 0 radical (unpaired) electrons. The quantitative estimate of drug-likeness (QED) is 0.166. The molecule has 214 valence electrons. The third-order valence-corrected chi connectivity index (χ3v) is 7.27. The lowest BCUT2D eigenvalue weighted by Gasteiger charge is -2.29. The van der Waals surface area contributed by atoms with Crippen molar-refractivity contribution in [3.63, 3.8) is 0 Å². The predicted molar refractivity (Wildman–Crippen MR) is 157 cm³/mol. The Labute approximate surface area is 236 Å². The lowest BCUT2D eigenvalue weighted by atomic mass is 10.1. The summed E-state index contributed by atoms with van der Waals surface area (Å²) in [7, 11) is 3.67. The fourth-order valence-corrected chi connectivity index (χ4v) is 4.85. The van der Waals surface area contributed by atoms with E-state index in [2.05, 4.69) is 37.6 Å². The van der Waals surface area contributed by atoms with Crippen molar-refractivity contribution in [2.45, 2.75) is 50.8 Å². The monoisotopic (exact) mass is 547 g/mol. The van der Waals surface area contributed by atoms with Crippen LogP contribution in [-0.4, -0.2) is 93.5 Å². The molecule has 0 unspecified atom stereocenters. The Morgan fingerprint density at radius 1 is 1.12 bits per heavy atom. The number of carboxylic acid groups (broad SMARTS) is 1. The lowest BCUT2D eigenvalue weighted by Crippen LogP contribution is -2.43. The SMILES string of the molecule is CN(C)[C@@H](O)CN(CCCCc1ccc2c(n1)NCCC2)CC[C@H](Nc1ncncc1-c1ccccc1)C(=O)O. The Hall–Kier alpha value is -3.60. The fourth-order valence-electron chi connectivity index (χ4n) is 4.85. The number of nitrogens with one attached hydrogen (secondary N) is 2. The van der Waals surface area contributed by atoms with Gasteiger partial charge in [0.1, 0.15) is 30.2 Å². The maximum atomic E-state index is 12.2. The number of aliphatic hydroxyl groups excluding tert-OH is 1.